The Labute approximate surface area is 182 Å². The zero-order chi connectivity index (χ0) is 19.2. The highest BCUT2D eigenvalue weighted by atomic mass is 127. The predicted molar refractivity (Wildman–Crippen MR) is 122 cm³/mol. The van der Waals surface area contributed by atoms with E-state index in [9.17, 15) is 8.42 Å². The maximum absolute atomic E-state index is 12.4. The molecule has 1 atom stereocenters. The van der Waals surface area contributed by atoms with E-state index in [0.717, 1.165) is 45.1 Å². The molecule has 2 rings (SSSR count). The number of ether oxygens (including phenoxy) is 1. The van der Waals surface area contributed by atoms with Crippen LogP contribution >= 0.6 is 24.0 Å². The van der Waals surface area contributed by atoms with Crippen LogP contribution in [0.15, 0.2) is 4.99 Å². The SMILES string of the molecule is CCN(CC)CC1CCN(C(=NC)NCC2(S(C)(=O)=O)CCOCC2)C1.I. The van der Waals surface area contributed by atoms with Gasteiger partial charge in [0.2, 0.25) is 0 Å². The minimum atomic E-state index is -3.17. The molecule has 0 amide bonds. The second-order valence-electron chi connectivity index (χ2n) is 7.55. The molecular formula is C18H37IN4O3S. The first-order chi connectivity index (χ1) is 12.3. The van der Waals surface area contributed by atoms with E-state index in [-0.39, 0.29) is 24.0 Å². The van der Waals surface area contributed by atoms with E-state index in [1.54, 1.807) is 7.05 Å². The minimum absolute atomic E-state index is 0. The summed E-state index contributed by atoms with van der Waals surface area (Å²) in [6.07, 6.45) is 3.59. The normalized spacial score (nSPS) is 23.4. The van der Waals surface area contributed by atoms with Crippen LogP contribution in [0.5, 0.6) is 0 Å². The van der Waals surface area contributed by atoms with Crippen molar-refractivity contribution >= 4 is 39.8 Å². The fraction of sp³-hybridized carbons (Fsp3) is 0.944. The summed E-state index contributed by atoms with van der Waals surface area (Å²) in [5.74, 6) is 1.46. The van der Waals surface area contributed by atoms with Crippen molar-refractivity contribution in [3.05, 3.63) is 0 Å². The molecule has 0 radical (unpaired) electrons. The van der Waals surface area contributed by atoms with Gasteiger partial charge in [-0.1, -0.05) is 13.8 Å². The fourth-order valence-electron chi connectivity index (χ4n) is 4.02. The number of nitrogens with zero attached hydrogens (tertiary/aromatic N) is 3. The lowest BCUT2D eigenvalue weighted by atomic mass is 9.99. The van der Waals surface area contributed by atoms with Crippen molar-refractivity contribution < 1.29 is 13.2 Å². The second-order valence-corrected chi connectivity index (χ2v) is 9.97. The van der Waals surface area contributed by atoms with Crippen LogP contribution in [-0.4, -0.2) is 94.7 Å². The third-order valence-electron chi connectivity index (χ3n) is 5.97. The van der Waals surface area contributed by atoms with Crippen LogP contribution < -0.4 is 5.32 Å². The Morgan fingerprint density at radius 2 is 1.93 bits per heavy atom. The molecule has 2 saturated heterocycles. The van der Waals surface area contributed by atoms with Gasteiger partial charge >= 0.3 is 0 Å². The second kappa shape index (κ2) is 11.2. The lowest BCUT2D eigenvalue weighted by Crippen LogP contribution is -2.54. The van der Waals surface area contributed by atoms with Gasteiger partial charge in [0.15, 0.2) is 15.8 Å². The van der Waals surface area contributed by atoms with Gasteiger partial charge in [-0.05, 0) is 38.3 Å². The van der Waals surface area contributed by atoms with Crippen LogP contribution in [0, 0.1) is 5.92 Å². The molecule has 0 spiro atoms. The summed E-state index contributed by atoms with van der Waals surface area (Å²) >= 11 is 0. The average molecular weight is 516 g/mol. The summed E-state index contributed by atoms with van der Waals surface area (Å²) in [6.45, 7) is 11.0. The van der Waals surface area contributed by atoms with Crippen molar-refractivity contribution in [1.29, 1.82) is 0 Å². The number of guanidine groups is 1. The topological polar surface area (TPSA) is 74.2 Å². The third kappa shape index (κ3) is 6.43. The highest BCUT2D eigenvalue weighted by Crippen LogP contribution is 2.29. The minimum Gasteiger partial charge on any atom is -0.381 e. The van der Waals surface area contributed by atoms with E-state index in [1.807, 2.05) is 0 Å². The smallest absolute Gasteiger partial charge is 0.193 e. The van der Waals surface area contributed by atoms with Crippen LogP contribution in [0.3, 0.4) is 0 Å². The molecule has 0 saturated carbocycles. The zero-order valence-corrected chi connectivity index (χ0v) is 20.4. The molecule has 7 nitrogen and oxygen atoms in total. The molecule has 2 aliphatic heterocycles. The summed E-state index contributed by atoms with van der Waals surface area (Å²) in [7, 11) is -1.40. The maximum Gasteiger partial charge on any atom is 0.193 e. The summed E-state index contributed by atoms with van der Waals surface area (Å²) in [5.41, 5.74) is 0. The van der Waals surface area contributed by atoms with Crippen LogP contribution in [0.2, 0.25) is 0 Å². The standard InChI is InChI=1S/C18H36N4O3S.HI/c1-5-21(6-2)13-16-7-10-22(14-16)17(19-3)20-15-18(26(4,23)24)8-11-25-12-9-18;/h16H,5-15H2,1-4H3,(H,19,20);1H. The fourth-order valence-corrected chi connectivity index (χ4v) is 5.26. The molecule has 2 aliphatic rings. The van der Waals surface area contributed by atoms with Gasteiger partial charge in [-0.2, -0.15) is 0 Å². The summed E-state index contributed by atoms with van der Waals surface area (Å²) in [5, 5.41) is 3.36. The number of nitrogens with one attached hydrogen (secondary N) is 1. The lowest BCUT2D eigenvalue weighted by molar-refractivity contribution is 0.0754. The Hall–Kier alpha value is -0.130. The summed E-state index contributed by atoms with van der Waals surface area (Å²) in [4.78, 5) is 9.14. The van der Waals surface area contributed by atoms with Gasteiger partial charge in [-0.15, -0.1) is 24.0 Å². The Balaban J connectivity index is 0.00000364. The number of hydrogen-bond acceptors (Lipinski definition) is 5. The molecule has 0 bridgehead atoms. The lowest BCUT2D eigenvalue weighted by Gasteiger charge is -2.36. The number of likely N-dealkylation sites (tertiary alicyclic amines) is 1. The molecule has 0 aromatic carbocycles. The number of aliphatic imine (C=N–C) groups is 1. The van der Waals surface area contributed by atoms with E-state index in [0.29, 0.717) is 38.5 Å². The number of halogens is 1. The molecule has 2 fully saturated rings. The Morgan fingerprint density at radius 1 is 1.30 bits per heavy atom. The van der Waals surface area contributed by atoms with E-state index >= 15 is 0 Å². The maximum atomic E-state index is 12.4. The molecule has 9 heteroatoms. The molecule has 160 valence electrons. The van der Waals surface area contributed by atoms with Gasteiger partial charge < -0.3 is 19.9 Å². The van der Waals surface area contributed by atoms with Gasteiger partial charge in [-0.3, -0.25) is 4.99 Å². The average Bonchev–Trinajstić information content (AvgIpc) is 3.08. The molecule has 0 aromatic rings. The van der Waals surface area contributed by atoms with Crippen molar-refractivity contribution in [3.63, 3.8) is 0 Å². The molecule has 1 unspecified atom stereocenters. The molecule has 27 heavy (non-hydrogen) atoms. The van der Waals surface area contributed by atoms with E-state index in [1.165, 1.54) is 6.26 Å². The van der Waals surface area contributed by atoms with E-state index < -0.39 is 14.6 Å². The van der Waals surface area contributed by atoms with Gasteiger partial charge in [0.1, 0.15) is 0 Å². The van der Waals surface area contributed by atoms with Gasteiger partial charge in [0, 0.05) is 52.7 Å². The van der Waals surface area contributed by atoms with Gasteiger partial charge in [0.05, 0.1) is 4.75 Å². The highest BCUT2D eigenvalue weighted by molar-refractivity contribution is 14.0. The quantitative estimate of drug-likeness (QED) is 0.314. The molecule has 0 aromatic heterocycles. The third-order valence-corrected chi connectivity index (χ3v) is 8.09. The van der Waals surface area contributed by atoms with Crippen molar-refractivity contribution in [2.24, 2.45) is 10.9 Å². The van der Waals surface area contributed by atoms with Crippen molar-refractivity contribution in [1.82, 2.24) is 15.1 Å². The highest BCUT2D eigenvalue weighted by Gasteiger charge is 2.42. The zero-order valence-electron chi connectivity index (χ0n) is 17.2. The summed E-state index contributed by atoms with van der Waals surface area (Å²) in [6, 6.07) is 0. The Bertz CT molecular complexity index is 575. The van der Waals surface area contributed by atoms with Crippen LogP contribution in [0.25, 0.3) is 0 Å². The number of hydrogen-bond donors (Lipinski definition) is 1. The number of sulfone groups is 1. The van der Waals surface area contributed by atoms with Crippen molar-refractivity contribution in [2.45, 2.75) is 37.9 Å². The summed E-state index contributed by atoms with van der Waals surface area (Å²) < 4.78 is 29.5. The first kappa shape index (κ1) is 24.9. The first-order valence-electron chi connectivity index (χ1n) is 9.80. The largest absolute Gasteiger partial charge is 0.381 e. The van der Waals surface area contributed by atoms with Gasteiger partial charge in [-0.25, -0.2) is 8.42 Å². The van der Waals surface area contributed by atoms with E-state index in [4.69, 9.17) is 4.74 Å². The Morgan fingerprint density at radius 3 is 2.44 bits per heavy atom. The molecule has 2 heterocycles. The van der Waals surface area contributed by atoms with Gasteiger partial charge in [0.25, 0.3) is 0 Å². The first-order valence-corrected chi connectivity index (χ1v) is 11.7. The van der Waals surface area contributed by atoms with Crippen molar-refractivity contribution in [2.75, 3.05) is 65.8 Å². The predicted octanol–water partition coefficient (Wildman–Crippen LogP) is 1.44. The monoisotopic (exact) mass is 516 g/mol. The van der Waals surface area contributed by atoms with Crippen LogP contribution in [-0.2, 0) is 14.6 Å². The number of rotatable bonds is 7. The molecule has 0 aliphatic carbocycles. The molecular weight excluding hydrogens is 479 g/mol. The van der Waals surface area contributed by atoms with Crippen molar-refractivity contribution in [3.8, 4) is 0 Å². The molecule has 1 N–H and O–H groups in total. The van der Waals surface area contributed by atoms with E-state index in [2.05, 4.69) is 34.0 Å². The Kier molecular flexibility index (Phi) is 10.3. The van der Waals surface area contributed by atoms with Crippen LogP contribution in [0.1, 0.15) is 33.1 Å². The van der Waals surface area contributed by atoms with Crippen LogP contribution in [0.4, 0.5) is 0 Å².